The van der Waals surface area contributed by atoms with E-state index in [1.807, 2.05) is 11.1 Å². The minimum Gasteiger partial charge on any atom is -0.335 e. The second kappa shape index (κ2) is 7.09. The number of rotatable bonds is 3. The molecule has 1 amide bonds. The van der Waals surface area contributed by atoms with Gasteiger partial charge < -0.3 is 4.90 Å². The Hall–Kier alpha value is -1.07. The van der Waals surface area contributed by atoms with E-state index in [1.54, 1.807) is 18.2 Å². The molecule has 0 unspecified atom stereocenters. The van der Waals surface area contributed by atoms with Gasteiger partial charge in [-0.25, -0.2) is 5.01 Å². The molecule has 1 aromatic rings. The molecule has 1 fully saturated rings. The summed E-state index contributed by atoms with van der Waals surface area (Å²) in [4.78, 5) is 13.3. The first-order valence-corrected chi connectivity index (χ1v) is 7.31. The summed E-state index contributed by atoms with van der Waals surface area (Å²) in [5, 5.41) is 2.89. The van der Waals surface area contributed by atoms with Gasteiger partial charge in [-0.05, 0) is 17.7 Å². The predicted molar refractivity (Wildman–Crippen MR) is 81.8 cm³/mol. The number of hydrogen-bond acceptors (Lipinski definition) is 2. The first kappa shape index (κ1) is 15.3. The molecule has 0 saturated carbocycles. The van der Waals surface area contributed by atoms with E-state index < -0.39 is 0 Å². The van der Waals surface area contributed by atoms with Gasteiger partial charge >= 0.3 is 0 Å². The normalized spacial score (nSPS) is 17.6. The quantitative estimate of drug-likeness (QED) is 0.812. The van der Waals surface area contributed by atoms with Crippen molar-refractivity contribution >= 4 is 35.2 Å². The third-order valence-corrected chi connectivity index (χ3v) is 4.11. The average molecular weight is 315 g/mol. The smallest absolute Gasteiger partial charge is 0.258 e. The first-order valence-electron chi connectivity index (χ1n) is 6.55. The van der Waals surface area contributed by atoms with E-state index in [9.17, 15) is 4.79 Å². The van der Waals surface area contributed by atoms with Gasteiger partial charge in [0.25, 0.3) is 5.91 Å². The zero-order valence-corrected chi connectivity index (χ0v) is 12.8. The molecule has 2 rings (SSSR count). The summed E-state index contributed by atoms with van der Waals surface area (Å²) in [5.41, 5.74) is 3.60. The van der Waals surface area contributed by atoms with Crippen molar-refractivity contribution in [3.8, 4) is 0 Å². The second-order valence-electron chi connectivity index (χ2n) is 4.90. The molecular weight excluding hydrogens is 297 g/mol. The Morgan fingerprint density at radius 2 is 2.05 bits per heavy atom. The van der Waals surface area contributed by atoms with Crippen molar-refractivity contribution in [3.63, 3.8) is 0 Å². The van der Waals surface area contributed by atoms with Crippen LogP contribution in [0.4, 0.5) is 0 Å². The van der Waals surface area contributed by atoms with Gasteiger partial charge in [0, 0.05) is 6.08 Å². The van der Waals surface area contributed by atoms with Gasteiger partial charge in [-0.1, -0.05) is 35.3 Å². The second-order valence-corrected chi connectivity index (χ2v) is 5.68. The maximum Gasteiger partial charge on any atom is 0.258 e. The molecule has 1 heterocycles. The van der Waals surface area contributed by atoms with Gasteiger partial charge in [0.1, 0.15) is 0 Å². The number of hydrazine groups is 1. The fourth-order valence-electron chi connectivity index (χ4n) is 2.01. The number of benzene rings is 1. The minimum atomic E-state index is -0.152. The Labute approximate surface area is 128 Å². The molecule has 1 saturated heterocycles. The van der Waals surface area contributed by atoms with Gasteiger partial charge in [0.15, 0.2) is 0 Å². The molecular formula is C14H18Cl2N3O+. The molecule has 1 aliphatic heterocycles. The third-order valence-electron chi connectivity index (χ3n) is 3.28. The van der Waals surface area contributed by atoms with Gasteiger partial charge in [-0.3, -0.25) is 10.2 Å². The monoisotopic (exact) mass is 314 g/mol. The number of nitrogens with one attached hydrogen (secondary N) is 2. The van der Waals surface area contributed by atoms with Crippen molar-refractivity contribution < 1.29 is 9.69 Å². The van der Waals surface area contributed by atoms with E-state index in [4.69, 9.17) is 23.2 Å². The Kier molecular flexibility index (Phi) is 5.43. The molecule has 0 aliphatic carbocycles. The SMILES string of the molecule is C[NH+]1CCN(NC(=O)/C=C/c2cccc(Cl)c2Cl)CC1. The minimum absolute atomic E-state index is 0.152. The van der Waals surface area contributed by atoms with Crippen LogP contribution >= 0.6 is 23.2 Å². The maximum atomic E-state index is 11.8. The molecule has 6 heteroatoms. The van der Waals surface area contributed by atoms with E-state index in [0.29, 0.717) is 10.0 Å². The number of halogens is 2. The fraction of sp³-hybridized carbons (Fsp3) is 0.357. The third kappa shape index (κ3) is 4.21. The van der Waals surface area contributed by atoms with E-state index in [0.717, 1.165) is 31.7 Å². The molecule has 4 nitrogen and oxygen atoms in total. The molecule has 0 bridgehead atoms. The van der Waals surface area contributed by atoms with Crippen molar-refractivity contribution in [2.45, 2.75) is 0 Å². The van der Waals surface area contributed by atoms with E-state index in [2.05, 4.69) is 12.5 Å². The maximum absolute atomic E-state index is 11.8. The number of piperazine rings is 1. The van der Waals surface area contributed by atoms with E-state index in [1.165, 1.54) is 11.0 Å². The number of hydrogen-bond donors (Lipinski definition) is 2. The molecule has 0 aromatic heterocycles. The summed E-state index contributed by atoms with van der Waals surface area (Å²) in [6, 6.07) is 5.33. The molecule has 1 aromatic carbocycles. The Balaban J connectivity index is 1.91. The van der Waals surface area contributed by atoms with Crippen LogP contribution in [0.25, 0.3) is 6.08 Å². The van der Waals surface area contributed by atoms with Crippen LogP contribution in [0.2, 0.25) is 10.0 Å². The molecule has 108 valence electrons. The van der Waals surface area contributed by atoms with E-state index in [-0.39, 0.29) is 5.91 Å². The molecule has 0 radical (unpaired) electrons. The van der Waals surface area contributed by atoms with Gasteiger partial charge in [-0.2, -0.15) is 0 Å². The molecule has 0 spiro atoms. The lowest BCUT2D eigenvalue weighted by molar-refractivity contribution is -0.884. The van der Waals surface area contributed by atoms with Crippen molar-refractivity contribution in [2.75, 3.05) is 33.2 Å². The van der Waals surface area contributed by atoms with Crippen LogP contribution in [0.5, 0.6) is 0 Å². The number of carbonyl (C=O) groups is 1. The van der Waals surface area contributed by atoms with Gasteiger partial charge in [0.05, 0.1) is 43.3 Å². The highest BCUT2D eigenvalue weighted by Gasteiger charge is 2.17. The van der Waals surface area contributed by atoms with Crippen molar-refractivity contribution in [2.24, 2.45) is 0 Å². The highest BCUT2D eigenvalue weighted by atomic mass is 35.5. The number of nitrogens with zero attached hydrogens (tertiary/aromatic N) is 1. The van der Waals surface area contributed by atoms with E-state index >= 15 is 0 Å². The van der Waals surface area contributed by atoms with Crippen LogP contribution in [0.1, 0.15) is 5.56 Å². The zero-order valence-electron chi connectivity index (χ0n) is 11.3. The lowest BCUT2D eigenvalue weighted by Gasteiger charge is -2.29. The number of carbonyl (C=O) groups excluding carboxylic acids is 1. The van der Waals surface area contributed by atoms with Crippen LogP contribution in [0.15, 0.2) is 24.3 Å². The molecule has 0 atom stereocenters. The summed E-state index contributed by atoms with van der Waals surface area (Å²) in [7, 11) is 2.15. The number of amides is 1. The molecule has 20 heavy (non-hydrogen) atoms. The fourth-order valence-corrected chi connectivity index (χ4v) is 2.38. The van der Waals surface area contributed by atoms with Crippen LogP contribution < -0.4 is 10.3 Å². The van der Waals surface area contributed by atoms with Crippen LogP contribution in [-0.4, -0.2) is 44.1 Å². The van der Waals surface area contributed by atoms with Crippen molar-refractivity contribution in [1.82, 2.24) is 10.4 Å². The largest absolute Gasteiger partial charge is 0.335 e. The van der Waals surface area contributed by atoms with Crippen molar-refractivity contribution in [3.05, 3.63) is 39.9 Å². The average Bonchev–Trinajstić information content (AvgIpc) is 2.43. The van der Waals surface area contributed by atoms with Gasteiger partial charge in [-0.15, -0.1) is 0 Å². The molecule has 2 N–H and O–H groups in total. The van der Waals surface area contributed by atoms with Crippen LogP contribution in [0, 0.1) is 0 Å². The van der Waals surface area contributed by atoms with Gasteiger partial charge in [0.2, 0.25) is 0 Å². The molecule has 1 aliphatic rings. The topological polar surface area (TPSA) is 36.8 Å². The first-order chi connectivity index (χ1) is 9.56. The Morgan fingerprint density at radius 1 is 1.35 bits per heavy atom. The lowest BCUT2D eigenvalue weighted by Crippen LogP contribution is -3.12. The standard InChI is InChI=1S/C14H17Cl2N3O/c1-18-7-9-19(10-8-18)17-13(20)6-5-11-3-2-4-12(15)14(11)16/h2-6H,7-10H2,1H3,(H,17,20)/p+1/b6-5+. The number of likely N-dealkylation sites (N-methyl/N-ethyl adjacent to an activating group) is 1. The summed E-state index contributed by atoms with van der Waals surface area (Å²) in [6.45, 7) is 3.79. The Bertz CT molecular complexity index is 511. The summed E-state index contributed by atoms with van der Waals surface area (Å²) in [6.07, 6.45) is 3.15. The summed E-state index contributed by atoms with van der Waals surface area (Å²) >= 11 is 12.0. The number of quaternary nitrogens is 1. The lowest BCUT2D eigenvalue weighted by atomic mass is 10.2. The zero-order chi connectivity index (χ0) is 14.5. The Morgan fingerprint density at radius 3 is 2.75 bits per heavy atom. The summed E-state index contributed by atoms with van der Waals surface area (Å²) < 4.78 is 0. The highest BCUT2D eigenvalue weighted by molar-refractivity contribution is 6.42. The van der Waals surface area contributed by atoms with Crippen LogP contribution in [-0.2, 0) is 4.79 Å². The summed E-state index contributed by atoms with van der Waals surface area (Å²) in [5.74, 6) is -0.152. The van der Waals surface area contributed by atoms with Crippen LogP contribution in [0.3, 0.4) is 0 Å². The highest BCUT2D eigenvalue weighted by Crippen LogP contribution is 2.26. The van der Waals surface area contributed by atoms with Crippen molar-refractivity contribution in [1.29, 1.82) is 0 Å². The predicted octanol–water partition coefficient (Wildman–Crippen LogP) is 0.868.